The lowest BCUT2D eigenvalue weighted by Crippen LogP contribution is -2.46. The van der Waals surface area contributed by atoms with Crippen LogP contribution in [0.1, 0.15) is 12.0 Å². The molecule has 1 aliphatic heterocycles. The molecule has 1 atom stereocenters. The minimum absolute atomic E-state index is 0.279. The summed E-state index contributed by atoms with van der Waals surface area (Å²) >= 11 is 0. The van der Waals surface area contributed by atoms with Crippen LogP contribution in [0.25, 0.3) is 0 Å². The van der Waals surface area contributed by atoms with Gasteiger partial charge in [0.05, 0.1) is 0 Å². The van der Waals surface area contributed by atoms with Crippen molar-refractivity contribution in [1.29, 1.82) is 0 Å². The molecule has 76 valence electrons. The lowest BCUT2D eigenvalue weighted by Gasteiger charge is -2.27. The van der Waals surface area contributed by atoms with Gasteiger partial charge in [0.2, 0.25) is 0 Å². The predicted molar refractivity (Wildman–Crippen MR) is 59.4 cm³/mol. The van der Waals surface area contributed by atoms with Crippen LogP contribution in [0.4, 0.5) is 0 Å². The Bertz CT molecular complexity index is 276. The van der Waals surface area contributed by atoms with E-state index < -0.39 is 0 Å². The molecule has 1 aliphatic rings. The molecule has 1 heterocycles. The molecule has 2 nitrogen and oxygen atoms in total. The van der Waals surface area contributed by atoms with E-state index in [2.05, 4.69) is 48.0 Å². The van der Waals surface area contributed by atoms with Crippen molar-refractivity contribution in [2.45, 2.75) is 18.4 Å². The zero-order valence-electron chi connectivity index (χ0n) is 8.72. The van der Waals surface area contributed by atoms with Crippen LogP contribution in [-0.4, -0.2) is 25.7 Å². The molecule has 2 N–H and O–H groups in total. The van der Waals surface area contributed by atoms with Crippen LogP contribution < -0.4 is 10.6 Å². The van der Waals surface area contributed by atoms with E-state index >= 15 is 0 Å². The lowest BCUT2D eigenvalue weighted by molar-refractivity contribution is 0.381. The average Bonchev–Trinajstić information content (AvgIpc) is 2.69. The molecule has 2 rings (SSSR count). The Morgan fingerprint density at radius 2 is 2.14 bits per heavy atom. The van der Waals surface area contributed by atoms with Crippen LogP contribution in [0.5, 0.6) is 0 Å². The highest BCUT2D eigenvalue weighted by atomic mass is 15.1. The molecule has 0 aromatic heterocycles. The van der Waals surface area contributed by atoms with Gasteiger partial charge in [0.15, 0.2) is 0 Å². The number of hydrogen-bond donors (Lipinski definition) is 2. The predicted octanol–water partition coefficient (Wildman–Crippen LogP) is 1.18. The second kappa shape index (κ2) is 4.11. The summed E-state index contributed by atoms with van der Waals surface area (Å²) in [6, 6.07) is 10.7. The molecule has 14 heavy (non-hydrogen) atoms. The summed E-state index contributed by atoms with van der Waals surface area (Å²) in [5.74, 6) is 0. The average molecular weight is 190 g/mol. The molecule has 0 bridgehead atoms. The van der Waals surface area contributed by atoms with Crippen molar-refractivity contribution in [1.82, 2.24) is 10.6 Å². The van der Waals surface area contributed by atoms with Gasteiger partial charge in [0.1, 0.15) is 0 Å². The first-order chi connectivity index (χ1) is 6.85. The summed E-state index contributed by atoms with van der Waals surface area (Å²) in [5, 5.41) is 6.89. The topological polar surface area (TPSA) is 24.1 Å². The first kappa shape index (κ1) is 9.69. The Balaban J connectivity index is 2.08. The van der Waals surface area contributed by atoms with Gasteiger partial charge in [-0.3, -0.25) is 0 Å². The first-order valence-electron chi connectivity index (χ1n) is 5.28. The van der Waals surface area contributed by atoms with Crippen LogP contribution in [0.2, 0.25) is 0 Å². The largest absolute Gasteiger partial charge is 0.315 e. The van der Waals surface area contributed by atoms with E-state index in [4.69, 9.17) is 0 Å². The fourth-order valence-electron chi connectivity index (χ4n) is 2.18. The highest BCUT2D eigenvalue weighted by Crippen LogP contribution is 2.19. The van der Waals surface area contributed by atoms with E-state index in [9.17, 15) is 0 Å². The Labute approximate surface area is 85.7 Å². The third kappa shape index (κ3) is 1.97. The van der Waals surface area contributed by atoms with Crippen LogP contribution in [0.3, 0.4) is 0 Å². The second-order valence-corrected chi connectivity index (χ2v) is 4.12. The Kier molecular flexibility index (Phi) is 2.85. The van der Waals surface area contributed by atoms with E-state index in [1.54, 1.807) is 0 Å². The first-order valence-corrected chi connectivity index (χ1v) is 5.28. The van der Waals surface area contributed by atoms with Crippen LogP contribution in [0.15, 0.2) is 30.3 Å². The summed E-state index contributed by atoms with van der Waals surface area (Å²) < 4.78 is 0. The molecule has 1 unspecified atom stereocenters. The van der Waals surface area contributed by atoms with Gasteiger partial charge >= 0.3 is 0 Å². The van der Waals surface area contributed by atoms with Gasteiger partial charge in [-0.15, -0.1) is 0 Å². The molecule has 1 aromatic carbocycles. The molecular weight excluding hydrogens is 172 g/mol. The number of nitrogens with one attached hydrogen (secondary N) is 2. The number of likely N-dealkylation sites (N-methyl/N-ethyl adjacent to an activating group) is 1. The van der Waals surface area contributed by atoms with Crippen molar-refractivity contribution in [3.63, 3.8) is 0 Å². The van der Waals surface area contributed by atoms with Crippen molar-refractivity contribution in [3.8, 4) is 0 Å². The Hall–Kier alpha value is -0.860. The molecule has 0 spiro atoms. The normalized spacial score (nSPS) is 26.6. The summed E-state index contributed by atoms with van der Waals surface area (Å²) in [6.07, 6.45) is 2.34. The van der Waals surface area contributed by atoms with Gasteiger partial charge in [0, 0.05) is 12.1 Å². The van der Waals surface area contributed by atoms with Crippen molar-refractivity contribution in [3.05, 3.63) is 35.9 Å². The third-order valence-electron chi connectivity index (χ3n) is 3.16. The van der Waals surface area contributed by atoms with Crippen LogP contribution >= 0.6 is 0 Å². The lowest BCUT2D eigenvalue weighted by atomic mass is 9.90. The molecule has 2 heteroatoms. The zero-order chi connectivity index (χ0) is 9.86. The van der Waals surface area contributed by atoms with Gasteiger partial charge < -0.3 is 10.6 Å². The van der Waals surface area contributed by atoms with Gasteiger partial charge in [-0.25, -0.2) is 0 Å². The summed E-state index contributed by atoms with van der Waals surface area (Å²) in [7, 11) is 2.07. The second-order valence-electron chi connectivity index (χ2n) is 4.12. The smallest absolute Gasteiger partial charge is 0.0356 e. The standard InChI is InChI=1S/C12H18N2/c1-13-12(7-8-14-10-12)9-11-5-3-2-4-6-11/h2-6,13-14H,7-10H2,1H3. The van der Waals surface area contributed by atoms with Gasteiger partial charge in [0.25, 0.3) is 0 Å². The number of benzene rings is 1. The van der Waals surface area contributed by atoms with Crippen molar-refractivity contribution in [2.24, 2.45) is 0 Å². The van der Waals surface area contributed by atoms with E-state index in [1.807, 2.05) is 0 Å². The van der Waals surface area contributed by atoms with Crippen molar-refractivity contribution < 1.29 is 0 Å². The SMILES string of the molecule is CNC1(Cc2ccccc2)CCNC1. The summed E-state index contributed by atoms with van der Waals surface area (Å²) in [5.41, 5.74) is 1.70. The monoisotopic (exact) mass is 190 g/mol. The summed E-state index contributed by atoms with van der Waals surface area (Å²) in [6.45, 7) is 2.21. The fourth-order valence-corrected chi connectivity index (χ4v) is 2.18. The van der Waals surface area contributed by atoms with Gasteiger partial charge in [-0.1, -0.05) is 30.3 Å². The van der Waals surface area contributed by atoms with Crippen LogP contribution in [0, 0.1) is 0 Å². The number of rotatable bonds is 3. The van der Waals surface area contributed by atoms with Crippen molar-refractivity contribution in [2.75, 3.05) is 20.1 Å². The minimum Gasteiger partial charge on any atom is -0.315 e. The molecule has 0 aliphatic carbocycles. The molecule has 0 radical (unpaired) electrons. The Morgan fingerprint density at radius 1 is 1.36 bits per heavy atom. The molecule has 1 fully saturated rings. The maximum Gasteiger partial charge on any atom is 0.0356 e. The maximum absolute atomic E-state index is 3.46. The fraction of sp³-hybridized carbons (Fsp3) is 0.500. The van der Waals surface area contributed by atoms with Gasteiger partial charge in [-0.2, -0.15) is 0 Å². The zero-order valence-corrected chi connectivity index (χ0v) is 8.72. The highest BCUT2D eigenvalue weighted by Gasteiger charge is 2.31. The highest BCUT2D eigenvalue weighted by molar-refractivity contribution is 5.19. The molecule has 1 saturated heterocycles. The third-order valence-corrected chi connectivity index (χ3v) is 3.16. The quantitative estimate of drug-likeness (QED) is 0.748. The van der Waals surface area contributed by atoms with Gasteiger partial charge in [-0.05, 0) is 32.0 Å². The molecule has 1 aromatic rings. The molecule has 0 amide bonds. The van der Waals surface area contributed by atoms with Crippen molar-refractivity contribution >= 4 is 0 Å². The molecular formula is C12H18N2. The maximum atomic E-state index is 3.46. The number of hydrogen-bond acceptors (Lipinski definition) is 2. The summed E-state index contributed by atoms with van der Waals surface area (Å²) in [4.78, 5) is 0. The van der Waals surface area contributed by atoms with Crippen LogP contribution in [-0.2, 0) is 6.42 Å². The van der Waals surface area contributed by atoms with E-state index in [-0.39, 0.29) is 5.54 Å². The Morgan fingerprint density at radius 3 is 2.71 bits per heavy atom. The molecule has 0 saturated carbocycles. The van der Waals surface area contributed by atoms with E-state index in [1.165, 1.54) is 12.0 Å². The minimum atomic E-state index is 0.279. The van der Waals surface area contributed by atoms with E-state index in [0.29, 0.717) is 0 Å². The van der Waals surface area contributed by atoms with E-state index in [0.717, 1.165) is 19.5 Å².